The van der Waals surface area contributed by atoms with E-state index in [9.17, 15) is 14.7 Å². The highest BCUT2D eigenvalue weighted by Gasteiger charge is 2.32. The van der Waals surface area contributed by atoms with Crippen LogP contribution >= 0.6 is 0 Å². The second-order valence-corrected chi connectivity index (χ2v) is 12.3. The number of benzene rings is 1. The minimum absolute atomic E-state index is 0.0268. The lowest BCUT2D eigenvalue weighted by Crippen LogP contribution is -2.39. The molecule has 40 heavy (non-hydrogen) atoms. The highest BCUT2D eigenvalue weighted by Crippen LogP contribution is 2.45. The molecule has 212 valence electrons. The van der Waals surface area contributed by atoms with Crippen LogP contribution < -0.4 is 20.5 Å². The van der Waals surface area contributed by atoms with E-state index in [1.807, 2.05) is 28.8 Å². The molecule has 3 fully saturated rings. The summed E-state index contributed by atoms with van der Waals surface area (Å²) in [6, 6.07) is 9.53. The normalized spacial score (nSPS) is 21.3. The molecule has 0 aliphatic heterocycles. The molecular weight excluding hydrogens is 508 g/mol. The maximum Gasteiger partial charge on any atom is 0.255 e. The van der Waals surface area contributed by atoms with E-state index in [4.69, 9.17) is 15.2 Å². The Balaban J connectivity index is 1.10. The molecular formula is C31H38N4O5. The van der Waals surface area contributed by atoms with Crippen molar-refractivity contribution in [3.63, 3.8) is 0 Å². The maximum absolute atomic E-state index is 13.3. The van der Waals surface area contributed by atoms with E-state index in [1.165, 1.54) is 18.4 Å². The molecule has 3 aliphatic carbocycles. The largest absolute Gasteiger partial charge is 0.490 e. The van der Waals surface area contributed by atoms with E-state index in [1.54, 1.807) is 26.1 Å². The van der Waals surface area contributed by atoms with Crippen LogP contribution in [0, 0.1) is 0 Å². The molecule has 9 nitrogen and oxygen atoms in total. The predicted molar refractivity (Wildman–Crippen MR) is 150 cm³/mol. The van der Waals surface area contributed by atoms with E-state index >= 15 is 0 Å². The molecule has 3 saturated carbocycles. The summed E-state index contributed by atoms with van der Waals surface area (Å²) < 4.78 is 14.1. The van der Waals surface area contributed by atoms with Crippen molar-refractivity contribution in [1.29, 1.82) is 0 Å². The summed E-state index contributed by atoms with van der Waals surface area (Å²) in [4.78, 5) is 25.3. The Hall–Kier alpha value is -3.59. The molecule has 3 aliphatic rings. The molecule has 0 saturated heterocycles. The van der Waals surface area contributed by atoms with Gasteiger partial charge in [-0.2, -0.15) is 5.10 Å². The number of ether oxygens (including phenoxy) is 2. The molecule has 2 amide bonds. The fourth-order valence-electron chi connectivity index (χ4n) is 5.62. The molecule has 0 radical (unpaired) electrons. The molecule has 2 heterocycles. The fraction of sp³-hybridized carbons (Fsp3) is 0.516. The third-order valence-corrected chi connectivity index (χ3v) is 8.09. The van der Waals surface area contributed by atoms with Crippen molar-refractivity contribution in [3.8, 4) is 11.5 Å². The SMILES string of the molecule is CC(C)(O)COc1ccc2c(C(=O)NC3CCC(Oc4cc(C5CC5)ccc4C(N)=O)CC3)cnn2c1C1CC1. The summed E-state index contributed by atoms with van der Waals surface area (Å²) in [6.45, 7) is 3.60. The Labute approximate surface area is 234 Å². The maximum atomic E-state index is 13.3. The van der Waals surface area contributed by atoms with Gasteiger partial charge < -0.3 is 25.6 Å². The minimum Gasteiger partial charge on any atom is -0.490 e. The van der Waals surface area contributed by atoms with Crippen LogP contribution in [-0.4, -0.2) is 50.9 Å². The van der Waals surface area contributed by atoms with Crippen molar-refractivity contribution in [2.75, 3.05) is 6.61 Å². The Morgan fingerprint density at radius 2 is 1.73 bits per heavy atom. The molecule has 4 N–H and O–H groups in total. The lowest BCUT2D eigenvalue weighted by Gasteiger charge is -2.30. The van der Waals surface area contributed by atoms with Gasteiger partial charge in [-0.15, -0.1) is 0 Å². The Morgan fingerprint density at radius 1 is 1.00 bits per heavy atom. The number of hydrogen-bond donors (Lipinski definition) is 3. The van der Waals surface area contributed by atoms with Crippen LogP contribution in [0.3, 0.4) is 0 Å². The van der Waals surface area contributed by atoms with Gasteiger partial charge in [-0.25, -0.2) is 4.52 Å². The smallest absolute Gasteiger partial charge is 0.255 e. The molecule has 3 aromatic rings. The molecule has 9 heteroatoms. The van der Waals surface area contributed by atoms with E-state index in [-0.39, 0.29) is 24.7 Å². The number of pyridine rings is 1. The van der Waals surface area contributed by atoms with Crippen LogP contribution in [0.2, 0.25) is 0 Å². The number of aromatic nitrogens is 2. The summed E-state index contributed by atoms with van der Waals surface area (Å²) in [5.41, 5.74) is 8.53. The summed E-state index contributed by atoms with van der Waals surface area (Å²) >= 11 is 0. The zero-order valence-electron chi connectivity index (χ0n) is 23.2. The van der Waals surface area contributed by atoms with Crippen molar-refractivity contribution in [2.45, 2.75) is 94.8 Å². The van der Waals surface area contributed by atoms with Gasteiger partial charge in [-0.3, -0.25) is 9.59 Å². The van der Waals surface area contributed by atoms with Crippen LogP contribution in [-0.2, 0) is 0 Å². The zero-order chi connectivity index (χ0) is 28.0. The van der Waals surface area contributed by atoms with Crippen molar-refractivity contribution >= 4 is 17.3 Å². The lowest BCUT2D eigenvalue weighted by molar-refractivity contribution is 0.0279. The number of primary amides is 1. The number of carbonyl (C=O) groups is 2. The van der Waals surface area contributed by atoms with E-state index in [2.05, 4.69) is 10.4 Å². The number of amides is 2. The molecule has 0 bridgehead atoms. The first-order chi connectivity index (χ1) is 19.2. The lowest BCUT2D eigenvalue weighted by atomic mass is 9.92. The fourth-order valence-corrected chi connectivity index (χ4v) is 5.62. The predicted octanol–water partition coefficient (Wildman–Crippen LogP) is 4.46. The number of aliphatic hydroxyl groups is 1. The number of nitrogens with two attached hydrogens (primary N) is 1. The molecule has 6 rings (SSSR count). The van der Waals surface area contributed by atoms with Gasteiger partial charge >= 0.3 is 0 Å². The number of carbonyl (C=O) groups excluding carboxylic acids is 2. The minimum atomic E-state index is -0.945. The Bertz CT molecular complexity index is 1430. The summed E-state index contributed by atoms with van der Waals surface area (Å²) in [5, 5.41) is 17.9. The molecule has 0 spiro atoms. The van der Waals surface area contributed by atoms with Gasteiger partial charge in [0.15, 0.2) is 0 Å². The number of fused-ring (bicyclic) bond motifs is 1. The van der Waals surface area contributed by atoms with Crippen molar-refractivity contribution in [3.05, 3.63) is 58.9 Å². The standard InChI is InChI=1S/C31H38N4O5/c1-31(2,38)17-39-26-14-13-25-24(16-33-35(25)28(26)19-5-6-19)30(37)34-21-8-10-22(11-9-21)40-27-15-20(18-3-4-18)7-12-23(27)29(32)36/h7,12-16,18-19,21-22,38H,3-6,8-11,17H2,1-2H3,(H2,32,36)(H,34,37). The van der Waals surface area contributed by atoms with E-state index in [0.717, 1.165) is 49.7 Å². The van der Waals surface area contributed by atoms with Gasteiger partial charge in [0.25, 0.3) is 11.8 Å². The van der Waals surface area contributed by atoms with Gasteiger partial charge in [-0.1, -0.05) is 6.07 Å². The van der Waals surface area contributed by atoms with Crippen LogP contribution in [0.15, 0.2) is 36.5 Å². The third-order valence-electron chi connectivity index (χ3n) is 8.09. The van der Waals surface area contributed by atoms with Gasteiger partial charge in [0.2, 0.25) is 0 Å². The van der Waals surface area contributed by atoms with Crippen LogP contribution in [0.4, 0.5) is 0 Å². The zero-order valence-corrected chi connectivity index (χ0v) is 23.2. The average Bonchev–Trinajstić information content (AvgIpc) is 3.85. The Kier molecular flexibility index (Phi) is 6.94. The topological polar surface area (TPSA) is 128 Å². The molecule has 0 unspecified atom stereocenters. The van der Waals surface area contributed by atoms with Crippen molar-refractivity contribution in [2.24, 2.45) is 5.73 Å². The van der Waals surface area contributed by atoms with Gasteiger partial charge in [0, 0.05) is 12.0 Å². The van der Waals surface area contributed by atoms with Crippen LogP contribution in [0.1, 0.15) is 109 Å². The molecule has 0 atom stereocenters. The number of rotatable bonds is 10. The monoisotopic (exact) mass is 546 g/mol. The molecule has 2 aromatic heterocycles. The summed E-state index contributed by atoms with van der Waals surface area (Å²) in [5.74, 6) is 1.56. The van der Waals surface area contributed by atoms with Crippen LogP contribution in [0.5, 0.6) is 11.5 Å². The first-order valence-corrected chi connectivity index (χ1v) is 14.4. The van der Waals surface area contributed by atoms with E-state index in [0.29, 0.717) is 34.5 Å². The number of nitrogens with zero attached hydrogens (tertiary/aromatic N) is 2. The van der Waals surface area contributed by atoms with Gasteiger partial charge in [-0.05, 0) is 101 Å². The van der Waals surface area contributed by atoms with Gasteiger partial charge in [0.05, 0.1) is 40.2 Å². The second kappa shape index (κ2) is 10.4. The highest BCUT2D eigenvalue weighted by atomic mass is 16.5. The number of hydrogen-bond acceptors (Lipinski definition) is 6. The highest BCUT2D eigenvalue weighted by molar-refractivity contribution is 6.01. The van der Waals surface area contributed by atoms with Crippen molar-refractivity contribution in [1.82, 2.24) is 14.9 Å². The van der Waals surface area contributed by atoms with Crippen LogP contribution in [0.25, 0.3) is 5.52 Å². The van der Waals surface area contributed by atoms with Crippen molar-refractivity contribution < 1.29 is 24.2 Å². The quantitative estimate of drug-likeness (QED) is 0.345. The summed E-state index contributed by atoms with van der Waals surface area (Å²) in [6.07, 6.45) is 9.17. The average molecular weight is 547 g/mol. The van der Waals surface area contributed by atoms with E-state index < -0.39 is 11.5 Å². The number of nitrogens with one attached hydrogen (secondary N) is 1. The second-order valence-electron chi connectivity index (χ2n) is 12.3. The molecule has 1 aromatic carbocycles. The first-order valence-electron chi connectivity index (χ1n) is 14.4. The third kappa shape index (κ3) is 5.80. The summed E-state index contributed by atoms with van der Waals surface area (Å²) in [7, 11) is 0. The van der Waals surface area contributed by atoms with Gasteiger partial charge in [0.1, 0.15) is 18.1 Å². The first kappa shape index (κ1) is 26.6. The Morgan fingerprint density at radius 3 is 2.38 bits per heavy atom.